The van der Waals surface area contributed by atoms with Crippen LogP contribution in [-0.2, 0) is 0 Å². The van der Waals surface area contributed by atoms with E-state index in [0.29, 0.717) is 33.3 Å². The molecule has 0 aliphatic carbocycles. The van der Waals surface area contributed by atoms with Crippen molar-refractivity contribution in [3.8, 4) is 0 Å². The van der Waals surface area contributed by atoms with Crippen LogP contribution in [-0.4, -0.2) is 10.9 Å². The third-order valence-corrected chi connectivity index (χ3v) is 5.88. The molecule has 1 atom stereocenters. The summed E-state index contributed by atoms with van der Waals surface area (Å²) < 4.78 is 5.94. The number of amides is 1. The molecule has 0 saturated carbocycles. The minimum atomic E-state index is -0.641. The Hall–Kier alpha value is -3.44. The van der Waals surface area contributed by atoms with Crippen LogP contribution in [0.4, 0.5) is 5.82 Å². The Kier molecular flexibility index (Phi) is 4.63. The van der Waals surface area contributed by atoms with Crippen molar-refractivity contribution in [2.75, 3.05) is 4.90 Å². The van der Waals surface area contributed by atoms with Gasteiger partial charge in [-0.25, -0.2) is 4.98 Å². The van der Waals surface area contributed by atoms with Gasteiger partial charge in [-0.3, -0.25) is 14.5 Å². The predicted molar refractivity (Wildman–Crippen MR) is 121 cm³/mol. The monoisotopic (exact) mass is 430 g/mol. The van der Waals surface area contributed by atoms with Gasteiger partial charge in [0.1, 0.15) is 11.4 Å². The third-order valence-electron chi connectivity index (χ3n) is 5.66. The molecule has 0 fully saturated rings. The van der Waals surface area contributed by atoms with Crippen LogP contribution in [0.1, 0.15) is 53.1 Å². The van der Waals surface area contributed by atoms with Crippen molar-refractivity contribution < 1.29 is 9.21 Å². The Morgan fingerprint density at radius 2 is 1.74 bits per heavy atom. The van der Waals surface area contributed by atoms with Crippen LogP contribution < -0.4 is 10.3 Å². The molecule has 1 amide bonds. The van der Waals surface area contributed by atoms with Gasteiger partial charge in [0.2, 0.25) is 5.76 Å². The molecule has 2 aromatic heterocycles. The minimum absolute atomic E-state index is 0.0541. The zero-order valence-electron chi connectivity index (χ0n) is 17.0. The minimum Gasteiger partial charge on any atom is -0.450 e. The maximum atomic E-state index is 13.5. The predicted octanol–water partition coefficient (Wildman–Crippen LogP) is 5.71. The first-order valence-corrected chi connectivity index (χ1v) is 10.4. The Bertz CT molecular complexity index is 1360. The molecular formula is C25H19ClN2O3. The number of nitrogens with zero attached hydrogens (tertiary/aromatic N) is 2. The van der Waals surface area contributed by atoms with Crippen molar-refractivity contribution in [3.63, 3.8) is 0 Å². The number of aromatic nitrogens is 1. The summed E-state index contributed by atoms with van der Waals surface area (Å²) in [7, 11) is 0. The average molecular weight is 431 g/mol. The Balaban J connectivity index is 1.77. The lowest BCUT2D eigenvalue weighted by Gasteiger charge is -2.24. The lowest BCUT2D eigenvalue weighted by atomic mass is 9.95. The van der Waals surface area contributed by atoms with Gasteiger partial charge in [-0.2, -0.15) is 0 Å². The van der Waals surface area contributed by atoms with Gasteiger partial charge in [0.25, 0.3) is 5.91 Å². The number of hydrogen-bond acceptors (Lipinski definition) is 4. The molecule has 31 heavy (non-hydrogen) atoms. The van der Waals surface area contributed by atoms with E-state index < -0.39 is 11.9 Å². The van der Waals surface area contributed by atoms with Gasteiger partial charge in [-0.1, -0.05) is 61.8 Å². The van der Waals surface area contributed by atoms with E-state index in [4.69, 9.17) is 16.0 Å². The van der Waals surface area contributed by atoms with E-state index in [1.165, 1.54) is 16.7 Å². The van der Waals surface area contributed by atoms with Gasteiger partial charge in [0.15, 0.2) is 5.43 Å². The number of para-hydroxylation sites is 1. The van der Waals surface area contributed by atoms with Crippen LogP contribution in [0, 0.1) is 0 Å². The molecule has 4 aromatic rings. The molecule has 1 unspecified atom stereocenters. The number of benzene rings is 2. The molecular weight excluding hydrogens is 412 g/mol. The highest BCUT2D eigenvalue weighted by molar-refractivity contribution is 6.30. The van der Waals surface area contributed by atoms with E-state index in [0.717, 1.165) is 5.56 Å². The number of fused-ring (bicyclic) bond motifs is 2. The Morgan fingerprint density at radius 3 is 2.42 bits per heavy atom. The highest BCUT2D eigenvalue weighted by Crippen LogP contribution is 2.40. The summed E-state index contributed by atoms with van der Waals surface area (Å²) in [6, 6.07) is 17.6. The number of carbonyl (C=O) groups is 1. The molecule has 0 spiro atoms. The fourth-order valence-corrected chi connectivity index (χ4v) is 4.16. The maximum absolute atomic E-state index is 13.5. The molecule has 5 nitrogen and oxygen atoms in total. The molecule has 0 radical (unpaired) electrons. The molecule has 3 heterocycles. The molecule has 6 heteroatoms. The normalized spacial score (nSPS) is 15.7. The summed E-state index contributed by atoms with van der Waals surface area (Å²) >= 11 is 6.01. The quantitative estimate of drug-likeness (QED) is 0.417. The topological polar surface area (TPSA) is 63.4 Å². The second-order valence-corrected chi connectivity index (χ2v) is 8.34. The second kappa shape index (κ2) is 7.36. The van der Waals surface area contributed by atoms with Gasteiger partial charge in [0.05, 0.1) is 22.0 Å². The zero-order chi connectivity index (χ0) is 21.7. The first-order valence-electron chi connectivity index (χ1n) is 10.1. The SMILES string of the molecule is CC(C)c1ccc(C2c3c(oc4ccccc4c3=O)C(=O)N2c2ccc(Cl)cn2)cc1. The van der Waals surface area contributed by atoms with Crippen LogP contribution >= 0.6 is 11.6 Å². The average Bonchev–Trinajstić information content (AvgIpc) is 3.07. The fraction of sp³-hybridized carbons (Fsp3) is 0.160. The Morgan fingerprint density at radius 1 is 1.00 bits per heavy atom. The van der Waals surface area contributed by atoms with E-state index in [2.05, 4.69) is 18.8 Å². The van der Waals surface area contributed by atoms with Crippen LogP contribution in [0.2, 0.25) is 5.02 Å². The second-order valence-electron chi connectivity index (χ2n) is 7.90. The van der Waals surface area contributed by atoms with Gasteiger partial charge in [-0.15, -0.1) is 0 Å². The molecule has 0 saturated heterocycles. The standard InChI is InChI=1S/C25H19ClN2O3/c1-14(2)15-7-9-16(10-8-15)22-21-23(29)18-5-3-4-6-19(18)31-24(21)25(30)28(22)20-12-11-17(26)13-27-20/h3-14,22H,1-2H3. The van der Waals surface area contributed by atoms with Crippen molar-refractivity contribution in [2.24, 2.45) is 0 Å². The Labute approximate surface area is 183 Å². The number of rotatable bonds is 3. The summed E-state index contributed by atoms with van der Waals surface area (Å²) in [5.41, 5.74) is 2.50. The smallest absolute Gasteiger partial charge is 0.296 e. The van der Waals surface area contributed by atoms with Gasteiger partial charge in [-0.05, 0) is 41.3 Å². The van der Waals surface area contributed by atoms with Crippen molar-refractivity contribution in [3.05, 3.63) is 105 Å². The number of pyridine rings is 1. The maximum Gasteiger partial charge on any atom is 0.296 e. The van der Waals surface area contributed by atoms with Gasteiger partial charge in [0, 0.05) is 6.20 Å². The first-order chi connectivity index (χ1) is 15.0. The molecule has 154 valence electrons. The number of halogens is 1. The van der Waals surface area contributed by atoms with Crippen LogP contribution in [0.5, 0.6) is 0 Å². The first kappa shape index (κ1) is 19.5. The number of anilines is 1. The highest BCUT2D eigenvalue weighted by Gasteiger charge is 2.44. The van der Waals surface area contributed by atoms with Crippen LogP contribution in [0.25, 0.3) is 11.0 Å². The van der Waals surface area contributed by atoms with Crippen molar-refractivity contribution in [1.29, 1.82) is 0 Å². The molecule has 2 aromatic carbocycles. The van der Waals surface area contributed by atoms with E-state index >= 15 is 0 Å². The molecule has 1 aliphatic heterocycles. The summed E-state index contributed by atoms with van der Waals surface area (Å²) in [4.78, 5) is 32.8. The van der Waals surface area contributed by atoms with E-state index in [1.807, 2.05) is 24.3 Å². The number of hydrogen-bond donors (Lipinski definition) is 0. The molecule has 1 aliphatic rings. The van der Waals surface area contributed by atoms with E-state index in [-0.39, 0.29) is 11.2 Å². The lowest BCUT2D eigenvalue weighted by molar-refractivity contribution is 0.0970. The summed E-state index contributed by atoms with van der Waals surface area (Å²) in [5.74, 6) is 0.431. The molecule has 0 bridgehead atoms. The van der Waals surface area contributed by atoms with Gasteiger partial charge < -0.3 is 4.42 Å². The fourth-order valence-electron chi connectivity index (χ4n) is 4.05. The lowest BCUT2D eigenvalue weighted by Crippen LogP contribution is -2.30. The summed E-state index contributed by atoms with van der Waals surface area (Å²) in [6.07, 6.45) is 1.48. The van der Waals surface area contributed by atoms with E-state index in [9.17, 15) is 9.59 Å². The van der Waals surface area contributed by atoms with Crippen LogP contribution in [0.3, 0.4) is 0 Å². The zero-order valence-corrected chi connectivity index (χ0v) is 17.8. The van der Waals surface area contributed by atoms with Crippen molar-refractivity contribution in [2.45, 2.75) is 25.8 Å². The number of carbonyl (C=O) groups excluding carboxylic acids is 1. The van der Waals surface area contributed by atoms with Crippen molar-refractivity contribution >= 4 is 34.3 Å². The largest absolute Gasteiger partial charge is 0.450 e. The summed E-state index contributed by atoms with van der Waals surface area (Å²) in [6.45, 7) is 4.24. The molecule has 0 N–H and O–H groups in total. The van der Waals surface area contributed by atoms with Crippen molar-refractivity contribution in [1.82, 2.24) is 4.98 Å². The van der Waals surface area contributed by atoms with Gasteiger partial charge >= 0.3 is 0 Å². The third kappa shape index (κ3) is 3.13. The van der Waals surface area contributed by atoms with E-state index in [1.54, 1.807) is 36.4 Å². The molecule has 5 rings (SSSR count). The summed E-state index contributed by atoms with van der Waals surface area (Å²) in [5, 5.41) is 0.912. The highest BCUT2D eigenvalue weighted by atomic mass is 35.5. The van der Waals surface area contributed by atoms with Crippen LogP contribution in [0.15, 0.2) is 76.1 Å².